The Kier molecular flexibility index (Phi) is 3.77. The van der Waals surface area contributed by atoms with E-state index in [1.165, 1.54) is 0 Å². The van der Waals surface area contributed by atoms with E-state index in [-0.39, 0.29) is 5.76 Å². The lowest BCUT2D eigenvalue weighted by molar-refractivity contribution is 0.0899. The summed E-state index contributed by atoms with van der Waals surface area (Å²) in [6.07, 6.45) is -0.312. The van der Waals surface area contributed by atoms with Gasteiger partial charge in [0.05, 0.1) is 0 Å². The molecule has 1 aliphatic rings. The molecule has 2 aromatic rings. The summed E-state index contributed by atoms with van der Waals surface area (Å²) in [6.45, 7) is 1.88. The maximum atomic E-state index is 10.9. The molecule has 22 heavy (non-hydrogen) atoms. The zero-order valence-electron chi connectivity index (χ0n) is 11.7. The van der Waals surface area contributed by atoms with Crippen LogP contribution in [0.3, 0.4) is 0 Å². The summed E-state index contributed by atoms with van der Waals surface area (Å²) in [7, 11) is 0. The average Bonchev–Trinajstić information content (AvgIpc) is 2.49. The van der Waals surface area contributed by atoms with Gasteiger partial charge in [0.1, 0.15) is 5.75 Å². The predicted molar refractivity (Wildman–Crippen MR) is 83.1 cm³/mol. The third-order valence-electron chi connectivity index (χ3n) is 3.41. The molecule has 1 atom stereocenters. The summed E-state index contributed by atoms with van der Waals surface area (Å²) >= 11 is 6.04. The molecule has 0 amide bonds. The van der Waals surface area contributed by atoms with Crippen LogP contribution in [0.25, 0.3) is 6.08 Å². The number of aryl methyl sites for hydroxylation is 1. The fraction of sp³-hybridized carbons (Fsp3) is 0.118. The molecule has 0 aromatic heterocycles. The Morgan fingerprint density at radius 3 is 2.77 bits per heavy atom. The van der Waals surface area contributed by atoms with E-state index >= 15 is 0 Å². The van der Waals surface area contributed by atoms with E-state index in [0.717, 1.165) is 16.7 Å². The van der Waals surface area contributed by atoms with E-state index < -0.39 is 12.3 Å². The van der Waals surface area contributed by atoms with E-state index in [1.807, 2.05) is 37.3 Å². The SMILES string of the molecule is Cc1cc(C2Oc3ccccc3C=C2OC(=O)O)ccc1Cl. The third-order valence-corrected chi connectivity index (χ3v) is 3.83. The Bertz CT molecular complexity index is 767. The highest BCUT2D eigenvalue weighted by atomic mass is 35.5. The van der Waals surface area contributed by atoms with Crippen LogP contribution in [0.1, 0.15) is 22.8 Å². The molecule has 3 rings (SSSR count). The Balaban J connectivity index is 2.05. The topological polar surface area (TPSA) is 55.8 Å². The first-order valence-corrected chi connectivity index (χ1v) is 7.06. The number of para-hydroxylation sites is 1. The number of hydrogen-bond donors (Lipinski definition) is 1. The van der Waals surface area contributed by atoms with Crippen LogP contribution in [0.2, 0.25) is 5.02 Å². The Morgan fingerprint density at radius 1 is 1.27 bits per heavy atom. The van der Waals surface area contributed by atoms with Crippen molar-refractivity contribution in [1.82, 2.24) is 0 Å². The fourth-order valence-electron chi connectivity index (χ4n) is 2.37. The summed E-state index contributed by atoms with van der Waals surface area (Å²) < 4.78 is 10.8. The minimum atomic E-state index is -1.37. The smallest absolute Gasteiger partial charge is 0.477 e. The monoisotopic (exact) mass is 316 g/mol. The van der Waals surface area contributed by atoms with Gasteiger partial charge < -0.3 is 14.6 Å². The first kappa shape index (κ1) is 14.5. The molecule has 2 aromatic carbocycles. The highest BCUT2D eigenvalue weighted by Crippen LogP contribution is 2.38. The quantitative estimate of drug-likeness (QED) is 0.807. The van der Waals surface area contributed by atoms with Crippen molar-refractivity contribution in [3.63, 3.8) is 0 Å². The van der Waals surface area contributed by atoms with Gasteiger partial charge in [-0.1, -0.05) is 41.9 Å². The molecule has 0 aliphatic carbocycles. The predicted octanol–water partition coefficient (Wildman–Crippen LogP) is 4.82. The number of benzene rings is 2. The lowest BCUT2D eigenvalue weighted by Gasteiger charge is -2.26. The molecule has 0 spiro atoms. The van der Waals surface area contributed by atoms with Gasteiger partial charge in [0.15, 0.2) is 11.9 Å². The summed E-state index contributed by atoms with van der Waals surface area (Å²) in [5.74, 6) is 0.908. The minimum Gasteiger partial charge on any atom is -0.477 e. The van der Waals surface area contributed by atoms with Crippen molar-refractivity contribution in [2.45, 2.75) is 13.0 Å². The molecular formula is C17H13ClO4. The van der Waals surface area contributed by atoms with Gasteiger partial charge in [0, 0.05) is 16.1 Å². The Labute approximate surface area is 132 Å². The molecule has 0 bridgehead atoms. The molecule has 1 aliphatic heterocycles. The van der Waals surface area contributed by atoms with Crippen LogP contribution in [0.15, 0.2) is 48.2 Å². The first-order chi connectivity index (χ1) is 10.5. The van der Waals surface area contributed by atoms with Crippen molar-refractivity contribution >= 4 is 23.8 Å². The highest BCUT2D eigenvalue weighted by molar-refractivity contribution is 6.31. The Hall–Kier alpha value is -2.46. The van der Waals surface area contributed by atoms with Gasteiger partial charge in [-0.25, -0.2) is 4.79 Å². The van der Waals surface area contributed by atoms with Crippen LogP contribution in [0.4, 0.5) is 4.79 Å². The summed E-state index contributed by atoms with van der Waals surface area (Å²) in [6, 6.07) is 12.8. The molecule has 112 valence electrons. The van der Waals surface area contributed by atoms with Crippen molar-refractivity contribution in [3.8, 4) is 5.75 Å². The molecule has 1 heterocycles. The number of fused-ring (bicyclic) bond motifs is 1. The normalized spacial score (nSPS) is 16.3. The number of carbonyl (C=O) groups is 1. The van der Waals surface area contributed by atoms with E-state index in [2.05, 4.69) is 0 Å². The van der Waals surface area contributed by atoms with Gasteiger partial charge in [0.2, 0.25) is 0 Å². The van der Waals surface area contributed by atoms with E-state index in [1.54, 1.807) is 18.2 Å². The molecule has 0 saturated carbocycles. The van der Waals surface area contributed by atoms with Crippen molar-refractivity contribution in [3.05, 3.63) is 69.9 Å². The van der Waals surface area contributed by atoms with Gasteiger partial charge >= 0.3 is 6.16 Å². The fourth-order valence-corrected chi connectivity index (χ4v) is 2.49. The van der Waals surface area contributed by atoms with Crippen LogP contribution in [0.5, 0.6) is 5.75 Å². The number of ether oxygens (including phenoxy) is 2. The number of hydrogen-bond acceptors (Lipinski definition) is 3. The van der Waals surface area contributed by atoms with Crippen molar-refractivity contribution in [2.24, 2.45) is 0 Å². The largest absolute Gasteiger partial charge is 0.511 e. The average molecular weight is 317 g/mol. The van der Waals surface area contributed by atoms with Crippen LogP contribution >= 0.6 is 11.6 Å². The maximum Gasteiger partial charge on any atom is 0.511 e. The molecule has 1 N–H and O–H groups in total. The summed E-state index contributed by atoms with van der Waals surface area (Å²) in [4.78, 5) is 10.9. The van der Waals surface area contributed by atoms with Crippen molar-refractivity contribution in [2.75, 3.05) is 0 Å². The standard InChI is InChI=1S/C17H13ClO4/c1-10-8-12(6-7-13(10)18)16-15(22-17(19)20)9-11-4-2-3-5-14(11)21-16/h2-9,16H,1H3,(H,19,20). The number of halogens is 1. The zero-order valence-corrected chi connectivity index (χ0v) is 12.5. The van der Waals surface area contributed by atoms with E-state index in [0.29, 0.717) is 10.8 Å². The Morgan fingerprint density at radius 2 is 2.05 bits per heavy atom. The second-order valence-electron chi connectivity index (χ2n) is 4.96. The number of carboxylic acid groups (broad SMARTS) is 1. The molecule has 5 heteroatoms. The zero-order chi connectivity index (χ0) is 15.7. The lowest BCUT2D eigenvalue weighted by atomic mass is 10.0. The second-order valence-corrected chi connectivity index (χ2v) is 5.37. The van der Waals surface area contributed by atoms with Gasteiger partial charge in [-0.05, 0) is 30.7 Å². The highest BCUT2D eigenvalue weighted by Gasteiger charge is 2.28. The van der Waals surface area contributed by atoms with Crippen LogP contribution in [0, 0.1) is 6.92 Å². The molecule has 0 radical (unpaired) electrons. The lowest BCUT2D eigenvalue weighted by Crippen LogP contribution is -2.18. The van der Waals surface area contributed by atoms with Crippen LogP contribution < -0.4 is 4.74 Å². The molecule has 1 unspecified atom stereocenters. The minimum absolute atomic E-state index is 0.230. The first-order valence-electron chi connectivity index (χ1n) is 6.68. The van der Waals surface area contributed by atoms with Gasteiger partial charge in [-0.15, -0.1) is 0 Å². The maximum absolute atomic E-state index is 10.9. The molecule has 0 fully saturated rings. The second kappa shape index (κ2) is 5.73. The molecular weight excluding hydrogens is 304 g/mol. The van der Waals surface area contributed by atoms with Gasteiger partial charge in [-0.3, -0.25) is 0 Å². The summed E-state index contributed by atoms with van der Waals surface area (Å²) in [5, 5.41) is 9.58. The number of rotatable bonds is 2. The molecule has 0 saturated heterocycles. The van der Waals surface area contributed by atoms with E-state index in [9.17, 15) is 4.79 Å². The summed E-state index contributed by atoms with van der Waals surface area (Å²) in [5.41, 5.74) is 2.45. The van der Waals surface area contributed by atoms with Crippen LogP contribution in [-0.2, 0) is 4.74 Å². The van der Waals surface area contributed by atoms with Crippen molar-refractivity contribution in [1.29, 1.82) is 0 Å². The van der Waals surface area contributed by atoms with Gasteiger partial charge in [0.25, 0.3) is 0 Å². The van der Waals surface area contributed by atoms with E-state index in [4.69, 9.17) is 26.2 Å². The van der Waals surface area contributed by atoms with Crippen molar-refractivity contribution < 1.29 is 19.4 Å². The molecule has 4 nitrogen and oxygen atoms in total. The van der Waals surface area contributed by atoms with Crippen LogP contribution in [-0.4, -0.2) is 11.3 Å². The van der Waals surface area contributed by atoms with Gasteiger partial charge in [-0.2, -0.15) is 0 Å². The third kappa shape index (κ3) is 2.78.